The van der Waals surface area contributed by atoms with Gasteiger partial charge in [-0.2, -0.15) is 9.97 Å². The Morgan fingerprint density at radius 1 is 0.760 bits per heavy atom. The fourth-order valence-corrected chi connectivity index (χ4v) is 6.51. The van der Waals surface area contributed by atoms with Gasteiger partial charge in [-0.05, 0) is 98.5 Å². The van der Waals surface area contributed by atoms with E-state index in [1.165, 1.54) is 0 Å². The van der Waals surface area contributed by atoms with Crippen LogP contribution in [0.2, 0.25) is 0 Å². The lowest BCUT2D eigenvalue weighted by molar-refractivity contribution is 0.0773. The van der Waals surface area contributed by atoms with Gasteiger partial charge in [-0.3, -0.25) is 4.79 Å². The van der Waals surface area contributed by atoms with Crippen molar-refractivity contribution < 1.29 is 9.53 Å². The first kappa shape index (κ1) is 32.1. The van der Waals surface area contributed by atoms with Crippen LogP contribution in [0.3, 0.4) is 0 Å². The van der Waals surface area contributed by atoms with E-state index in [0.29, 0.717) is 58.0 Å². The van der Waals surface area contributed by atoms with Crippen molar-refractivity contribution in [2.45, 2.75) is 27.7 Å². The summed E-state index contributed by atoms with van der Waals surface area (Å²) in [5.41, 5.74) is 26.9. The summed E-state index contributed by atoms with van der Waals surface area (Å²) in [6.07, 6.45) is 2.02. The molecule has 0 radical (unpaired) electrons. The molecular weight excluding hydrogens is 628 g/mol. The number of fused-ring (bicyclic) bond motifs is 3. The molecule has 0 spiro atoms. The second kappa shape index (κ2) is 12.9. The Balaban J connectivity index is 1.24. The van der Waals surface area contributed by atoms with Gasteiger partial charge < -0.3 is 37.1 Å². The van der Waals surface area contributed by atoms with Crippen LogP contribution in [-0.2, 0) is 0 Å². The highest BCUT2D eigenvalue weighted by Crippen LogP contribution is 2.38. The molecule has 0 unspecified atom stereocenters. The first-order valence-electron chi connectivity index (χ1n) is 16.4. The van der Waals surface area contributed by atoms with Crippen LogP contribution in [0.1, 0.15) is 35.3 Å². The average Bonchev–Trinajstić information content (AvgIpc) is 3.53. The molecule has 7 aromatic rings. The van der Waals surface area contributed by atoms with Gasteiger partial charge in [0.15, 0.2) is 6.73 Å². The van der Waals surface area contributed by atoms with Crippen molar-refractivity contribution in [2.75, 3.05) is 42.3 Å². The summed E-state index contributed by atoms with van der Waals surface area (Å²) < 4.78 is 6.38. The summed E-state index contributed by atoms with van der Waals surface area (Å²) in [5.74, 6) is 1.54. The lowest BCUT2D eigenvalue weighted by atomic mass is 9.95. The monoisotopic (exact) mass is 666 g/mol. The summed E-state index contributed by atoms with van der Waals surface area (Å²) >= 11 is 0. The van der Waals surface area contributed by atoms with E-state index in [4.69, 9.17) is 21.9 Å². The maximum absolute atomic E-state index is 13.4. The Morgan fingerprint density at radius 3 is 2.16 bits per heavy atom. The molecule has 3 aromatic heterocycles. The zero-order valence-corrected chi connectivity index (χ0v) is 28.3. The standard InChI is InChI=1S/C38H38N10O2/c1-5-48(6-2)36(49)22-11-12-33(26(15-22)24-16-31-27(13-20(24)3)34(39)46-37(40)44-31)50-19-43-35-28-14-21(4)25(17-32(28)45-38(41)47-35)29-18-42-30-10-8-7-9-23(29)30/h7-18,42H,5-6,19H2,1-4H3,(H4,39,40,44,46)(H3,41,43,45,47). The van der Waals surface area contributed by atoms with Crippen molar-refractivity contribution in [3.63, 3.8) is 0 Å². The van der Waals surface area contributed by atoms with E-state index in [-0.39, 0.29) is 24.5 Å². The van der Waals surface area contributed by atoms with Crippen LogP contribution in [-0.4, -0.2) is 55.5 Å². The molecule has 0 saturated carbocycles. The van der Waals surface area contributed by atoms with Gasteiger partial charge in [0.05, 0.1) is 11.0 Å². The van der Waals surface area contributed by atoms with Crippen molar-refractivity contribution in [1.82, 2.24) is 29.8 Å². The number of amides is 1. The number of nitrogens with two attached hydrogens (primary N) is 3. The Hall–Kier alpha value is -6.43. The number of hydrogen-bond donors (Lipinski definition) is 5. The van der Waals surface area contributed by atoms with E-state index >= 15 is 0 Å². The van der Waals surface area contributed by atoms with E-state index in [1.54, 1.807) is 11.0 Å². The number of anilines is 4. The fraction of sp³-hybridized carbons (Fsp3) is 0.184. The minimum absolute atomic E-state index is 0.0554. The number of para-hydroxylation sites is 1. The molecule has 4 aromatic carbocycles. The van der Waals surface area contributed by atoms with Crippen molar-refractivity contribution >= 4 is 62.1 Å². The highest BCUT2D eigenvalue weighted by Gasteiger charge is 2.19. The number of carbonyl (C=O) groups excluding carboxylic acids is 1. The minimum Gasteiger partial charge on any atom is -0.473 e. The third kappa shape index (κ3) is 5.80. The Morgan fingerprint density at radius 2 is 1.42 bits per heavy atom. The average molecular weight is 667 g/mol. The highest BCUT2D eigenvalue weighted by molar-refractivity contribution is 6.01. The SMILES string of the molecule is CCN(CC)C(=O)c1ccc(OCNc2nc(N)nc3cc(-c4c[nH]c5ccccc45)c(C)cc23)c(-c2cc3nc(N)nc(N)c3cc2C)c1. The maximum atomic E-state index is 13.4. The van der Waals surface area contributed by atoms with Crippen molar-refractivity contribution in [3.8, 4) is 28.0 Å². The largest absolute Gasteiger partial charge is 0.473 e. The lowest BCUT2D eigenvalue weighted by Gasteiger charge is -2.21. The van der Waals surface area contributed by atoms with Crippen LogP contribution in [0.15, 0.2) is 72.9 Å². The number of ether oxygens (including phenoxy) is 1. The number of carbonyl (C=O) groups is 1. The Kier molecular flexibility index (Phi) is 8.28. The zero-order valence-electron chi connectivity index (χ0n) is 28.3. The molecule has 50 heavy (non-hydrogen) atoms. The third-order valence-corrected chi connectivity index (χ3v) is 9.06. The topological polar surface area (TPSA) is 187 Å². The number of benzene rings is 4. The van der Waals surface area contributed by atoms with Crippen molar-refractivity contribution in [3.05, 3.63) is 89.6 Å². The molecule has 252 valence electrons. The lowest BCUT2D eigenvalue weighted by Crippen LogP contribution is -2.30. The summed E-state index contributed by atoms with van der Waals surface area (Å²) in [6, 6.07) is 21.6. The first-order valence-corrected chi connectivity index (χ1v) is 16.4. The molecule has 1 amide bonds. The molecule has 0 atom stereocenters. The number of aromatic amines is 1. The second-order valence-electron chi connectivity index (χ2n) is 12.2. The smallest absolute Gasteiger partial charge is 0.253 e. The summed E-state index contributed by atoms with van der Waals surface area (Å²) in [7, 11) is 0. The molecule has 7 rings (SSSR count). The van der Waals surface area contributed by atoms with E-state index < -0.39 is 0 Å². The molecule has 8 N–H and O–H groups in total. The van der Waals surface area contributed by atoms with Gasteiger partial charge in [-0.25, -0.2) is 9.97 Å². The molecule has 12 heteroatoms. The van der Waals surface area contributed by atoms with Crippen molar-refractivity contribution in [2.24, 2.45) is 0 Å². The van der Waals surface area contributed by atoms with Crippen LogP contribution in [0, 0.1) is 13.8 Å². The number of rotatable bonds is 9. The zero-order chi connectivity index (χ0) is 35.1. The quantitative estimate of drug-likeness (QED) is 0.104. The minimum atomic E-state index is -0.0690. The van der Waals surface area contributed by atoms with Crippen LogP contribution in [0.5, 0.6) is 5.75 Å². The first-order chi connectivity index (χ1) is 24.1. The predicted molar refractivity (Wildman–Crippen MR) is 201 cm³/mol. The molecule has 0 aliphatic rings. The van der Waals surface area contributed by atoms with E-state index in [9.17, 15) is 4.79 Å². The number of nitrogens with one attached hydrogen (secondary N) is 2. The van der Waals surface area contributed by atoms with Gasteiger partial charge in [-0.1, -0.05) is 18.2 Å². The molecule has 0 saturated heterocycles. The van der Waals surface area contributed by atoms with Gasteiger partial charge >= 0.3 is 0 Å². The summed E-state index contributed by atoms with van der Waals surface area (Å²) in [5, 5.41) is 5.94. The number of nitrogens with zero attached hydrogens (tertiary/aromatic N) is 5. The Labute approximate surface area is 288 Å². The van der Waals surface area contributed by atoms with Crippen LogP contribution in [0.4, 0.5) is 23.5 Å². The van der Waals surface area contributed by atoms with E-state index in [0.717, 1.165) is 44.1 Å². The predicted octanol–water partition coefficient (Wildman–Crippen LogP) is 6.68. The molecule has 0 fully saturated rings. The molecule has 12 nitrogen and oxygen atoms in total. The number of nitrogen functional groups attached to an aromatic ring is 3. The summed E-state index contributed by atoms with van der Waals surface area (Å²) in [6.45, 7) is 9.20. The maximum Gasteiger partial charge on any atom is 0.253 e. The Bertz CT molecular complexity index is 2430. The van der Waals surface area contributed by atoms with Gasteiger partial charge in [0.25, 0.3) is 5.91 Å². The van der Waals surface area contributed by atoms with Crippen LogP contribution in [0.25, 0.3) is 55.0 Å². The molecule has 0 bridgehead atoms. The van der Waals surface area contributed by atoms with Gasteiger partial charge in [0.2, 0.25) is 11.9 Å². The number of aryl methyl sites for hydroxylation is 2. The number of aromatic nitrogens is 5. The molecule has 0 aliphatic carbocycles. The van der Waals surface area contributed by atoms with E-state index in [2.05, 4.69) is 55.4 Å². The van der Waals surface area contributed by atoms with Crippen LogP contribution >= 0.6 is 0 Å². The molecular formula is C38H38N10O2. The normalized spacial score (nSPS) is 11.4. The van der Waals surface area contributed by atoms with E-state index in [1.807, 2.05) is 69.4 Å². The number of hydrogen-bond acceptors (Lipinski definition) is 10. The molecule has 0 aliphatic heterocycles. The third-order valence-electron chi connectivity index (χ3n) is 9.06. The van der Waals surface area contributed by atoms with Crippen LogP contribution < -0.4 is 27.3 Å². The molecule has 3 heterocycles. The second-order valence-corrected chi connectivity index (χ2v) is 12.2. The van der Waals surface area contributed by atoms with Gasteiger partial charge in [0, 0.05) is 57.7 Å². The van der Waals surface area contributed by atoms with Crippen molar-refractivity contribution in [1.29, 1.82) is 0 Å². The number of H-pyrrole nitrogens is 1. The van der Waals surface area contributed by atoms with Gasteiger partial charge in [-0.15, -0.1) is 0 Å². The van der Waals surface area contributed by atoms with Gasteiger partial charge in [0.1, 0.15) is 17.4 Å². The highest BCUT2D eigenvalue weighted by atomic mass is 16.5. The summed E-state index contributed by atoms with van der Waals surface area (Å²) in [4.78, 5) is 36.2. The fourth-order valence-electron chi connectivity index (χ4n) is 6.51.